The molecule has 0 N–H and O–H groups in total. The highest BCUT2D eigenvalue weighted by Gasteiger charge is 2.06. The molecule has 0 atom stereocenters. The molecule has 0 aliphatic heterocycles. The Balaban J connectivity index is 2.46. The fourth-order valence-electron chi connectivity index (χ4n) is 1.21. The fourth-order valence-corrected chi connectivity index (χ4v) is 1.21. The van der Waals surface area contributed by atoms with Gasteiger partial charge in [0.15, 0.2) is 0 Å². The van der Waals surface area contributed by atoms with Crippen molar-refractivity contribution in [3.8, 4) is 0 Å². The van der Waals surface area contributed by atoms with E-state index in [0.29, 0.717) is 12.8 Å². The standard InChI is InChI=1S/C12H15FO/c1-9(2)12(14)8-5-10-3-6-11(13)7-4-10/h3-4,6-7,9H,5,8H2,1-2H3. The topological polar surface area (TPSA) is 17.1 Å². The Morgan fingerprint density at radius 3 is 2.36 bits per heavy atom. The van der Waals surface area contributed by atoms with E-state index in [-0.39, 0.29) is 17.5 Å². The van der Waals surface area contributed by atoms with Gasteiger partial charge in [0.1, 0.15) is 11.6 Å². The summed E-state index contributed by atoms with van der Waals surface area (Å²) in [6.07, 6.45) is 1.25. The van der Waals surface area contributed by atoms with Crippen LogP contribution in [-0.2, 0) is 11.2 Å². The lowest BCUT2D eigenvalue weighted by Crippen LogP contribution is -2.07. The van der Waals surface area contributed by atoms with E-state index in [1.54, 1.807) is 12.1 Å². The third-order valence-corrected chi connectivity index (χ3v) is 2.22. The minimum atomic E-state index is -0.232. The van der Waals surface area contributed by atoms with Crippen LogP contribution in [0.4, 0.5) is 4.39 Å². The Bertz CT molecular complexity index is 301. The van der Waals surface area contributed by atoms with Gasteiger partial charge in [0.2, 0.25) is 0 Å². The molecule has 0 saturated carbocycles. The highest BCUT2D eigenvalue weighted by molar-refractivity contribution is 5.80. The van der Waals surface area contributed by atoms with E-state index in [9.17, 15) is 9.18 Å². The van der Waals surface area contributed by atoms with Gasteiger partial charge in [-0.25, -0.2) is 4.39 Å². The van der Waals surface area contributed by atoms with Crippen molar-refractivity contribution in [1.82, 2.24) is 0 Å². The molecule has 0 amide bonds. The zero-order valence-electron chi connectivity index (χ0n) is 8.59. The van der Waals surface area contributed by atoms with E-state index in [4.69, 9.17) is 0 Å². The second-order valence-electron chi connectivity index (χ2n) is 3.75. The summed E-state index contributed by atoms with van der Waals surface area (Å²) in [6, 6.07) is 6.30. The predicted molar refractivity (Wildman–Crippen MR) is 54.6 cm³/mol. The van der Waals surface area contributed by atoms with Gasteiger partial charge in [0, 0.05) is 12.3 Å². The number of rotatable bonds is 4. The molecule has 14 heavy (non-hydrogen) atoms. The summed E-state index contributed by atoms with van der Waals surface area (Å²) in [5.74, 6) is 0.119. The lowest BCUT2D eigenvalue weighted by Gasteiger charge is -2.03. The zero-order valence-corrected chi connectivity index (χ0v) is 8.59. The summed E-state index contributed by atoms with van der Waals surface area (Å²) < 4.78 is 12.5. The summed E-state index contributed by atoms with van der Waals surface area (Å²) >= 11 is 0. The van der Waals surface area contributed by atoms with Gasteiger partial charge >= 0.3 is 0 Å². The molecule has 0 bridgehead atoms. The number of carbonyl (C=O) groups excluding carboxylic acids is 1. The van der Waals surface area contributed by atoms with Crippen LogP contribution in [0.5, 0.6) is 0 Å². The molecule has 1 aromatic rings. The first-order valence-electron chi connectivity index (χ1n) is 4.86. The SMILES string of the molecule is CC(C)C(=O)CCc1ccc(F)cc1. The second kappa shape index (κ2) is 4.89. The first kappa shape index (κ1) is 10.9. The number of halogens is 1. The minimum Gasteiger partial charge on any atom is -0.299 e. The molecule has 0 spiro atoms. The molecule has 0 radical (unpaired) electrons. The molecule has 1 aromatic carbocycles. The van der Waals surface area contributed by atoms with E-state index in [0.717, 1.165) is 5.56 Å². The third-order valence-electron chi connectivity index (χ3n) is 2.22. The summed E-state index contributed by atoms with van der Waals surface area (Å²) in [5, 5.41) is 0. The van der Waals surface area contributed by atoms with Gasteiger partial charge in [0.25, 0.3) is 0 Å². The van der Waals surface area contributed by atoms with Crippen LogP contribution in [0.15, 0.2) is 24.3 Å². The van der Waals surface area contributed by atoms with Gasteiger partial charge in [-0.3, -0.25) is 4.79 Å². The fraction of sp³-hybridized carbons (Fsp3) is 0.417. The molecule has 76 valence electrons. The van der Waals surface area contributed by atoms with Crippen molar-refractivity contribution in [2.45, 2.75) is 26.7 Å². The maximum atomic E-state index is 12.5. The maximum absolute atomic E-state index is 12.5. The van der Waals surface area contributed by atoms with Crippen LogP contribution in [0.2, 0.25) is 0 Å². The summed E-state index contributed by atoms with van der Waals surface area (Å²) in [7, 11) is 0. The van der Waals surface area contributed by atoms with Gasteiger partial charge < -0.3 is 0 Å². The molecule has 1 nitrogen and oxygen atoms in total. The van der Waals surface area contributed by atoms with Crippen LogP contribution in [0.3, 0.4) is 0 Å². The van der Waals surface area contributed by atoms with Crippen LogP contribution < -0.4 is 0 Å². The van der Waals surface area contributed by atoms with Crippen molar-refractivity contribution < 1.29 is 9.18 Å². The molecule has 0 aromatic heterocycles. The molecule has 0 heterocycles. The molecular formula is C12H15FO. The maximum Gasteiger partial charge on any atom is 0.135 e. The van der Waals surface area contributed by atoms with Crippen molar-refractivity contribution in [2.24, 2.45) is 5.92 Å². The summed E-state index contributed by atoms with van der Waals surface area (Å²) in [5.41, 5.74) is 1.01. The summed E-state index contributed by atoms with van der Waals surface area (Å²) in [4.78, 5) is 11.3. The van der Waals surface area contributed by atoms with Crippen molar-refractivity contribution in [1.29, 1.82) is 0 Å². The highest BCUT2D eigenvalue weighted by Crippen LogP contribution is 2.08. The van der Waals surface area contributed by atoms with Crippen molar-refractivity contribution in [3.05, 3.63) is 35.6 Å². The second-order valence-corrected chi connectivity index (χ2v) is 3.75. The molecule has 0 aliphatic rings. The minimum absolute atomic E-state index is 0.0930. The van der Waals surface area contributed by atoms with Crippen LogP contribution in [0, 0.1) is 11.7 Å². The lowest BCUT2D eigenvalue weighted by atomic mass is 10.0. The number of hydrogen-bond donors (Lipinski definition) is 0. The van der Waals surface area contributed by atoms with Crippen molar-refractivity contribution in [2.75, 3.05) is 0 Å². The Kier molecular flexibility index (Phi) is 3.81. The lowest BCUT2D eigenvalue weighted by molar-refractivity contribution is -0.121. The average molecular weight is 194 g/mol. The van der Waals surface area contributed by atoms with E-state index in [2.05, 4.69) is 0 Å². The van der Waals surface area contributed by atoms with Crippen LogP contribution in [-0.4, -0.2) is 5.78 Å². The predicted octanol–water partition coefficient (Wildman–Crippen LogP) is 2.98. The number of ketones is 1. The molecule has 0 fully saturated rings. The van der Waals surface area contributed by atoms with Gasteiger partial charge in [-0.2, -0.15) is 0 Å². The third kappa shape index (κ3) is 3.29. The Hall–Kier alpha value is -1.18. The molecule has 2 heteroatoms. The van der Waals surface area contributed by atoms with E-state index in [1.165, 1.54) is 12.1 Å². The zero-order chi connectivity index (χ0) is 10.6. The van der Waals surface area contributed by atoms with Crippen molar-refractivity contribution >= 4 is 5.78 Å². The Morgan fingerprint density at radius 2 is 1.86 bits per heavy atom. The van der Waals surface area contributed by atoms with Gasteiger partial charge in [0.05, 0.1) is 0 Å². The first-order chi connectivity index (χ1) is 6.59. The van der Waals surface area contributed by atoms with Gasteiger partial charge in [-0.05, 0) is 24.1 Å². The van der Waals surface area contributed by atoms with Crippen LogP contribution >= 0.6 is 0 Å². The van der Waals surface area contributed by atoms with E-state index >= 15 is 0 Å². The van der Waals surface area contributed by atoms with Crippen LogP contribution in [0.1, 0.15) is 25.8 Å². The monoisotopic (exact) mass is 194 g/mol. The van der Waals surface area contributed by atoms with Gasteiger partial charge in [-0.1, -0.05) is 26.0 Å². The highest BCUT2D eigenvalue weighted by atomic mass is 19.1. The average Bonchev–Trinajstić information content (AvgIpc) is 2.16. The van der Waals surface area contributed by atoms with E-state index in [1.807, 2.05) is 13.8 Å². The van der Waals surface area contributed by atoms with Gasteiger partial charge in [-0.15, -0.1) is 0 Å². The Labute approximate surface area is 83.9 Å². The molecule has 1 rings (SSSR count). The quantitative estimate of drug-likeness (QED) is 0.720. The number of hydrogen-bond acceptors (Lipinski definition) is 1. The number of aryl methyl sites for hydroxylation is 1. The molecular weight excluding hydrogens is 179 g/mol. The summed E-state index contributed by atoms with van der Waals surface area (Å²) in [6.45, 7) is 3.79. The first-order valence-corrected chi connectivity index (χ1v) is 4.86. The number of Topliss-reactive ketones (excluding diaryl/α,β-unsaturated/α-hetero) is 1. The molecule has 0 saturated heterocycles. The number of benzene rings is 1. The molecule has 0 unspecified atom stereocenters. The molecule has 0 aliphatic carbocycles. The van der Waals surface area contributed by atoms with Crippen LogP contribution in [0.25, 0.3) is 0 Å². The smallest absolute Gasteiger partial charge is 0.135 e. The largest absolute Gasteiger partial charge is 0.299 e. The van der Waals surface area contributed by atoms with E-state index < -0.39 is 0 Å². The number of carbonyl (C=O) groups is 1. The van der Waals surface area contributed by atoms with Crippen molar-refractivity contribution in [3.63, 3.8) is 0 Å². The normalized spacial score (nSPS) is 10.6. The Morgan fingerprint density at radius 1 is 1.29 bits per heavy atom.